The van der Waals surface area contributed by atoms with E-state index in [1.165, 1.54) is 22.3 Å². The molecule has 10 rings (SSSR count). The zero-order chi connectivity index (χ0) is 41.3. The lowest BCUT2D eigenvalue weighted by Gasteiger charge is -2.34. The second-order valence-electron chi connectivity index (χ2n) is 17.7. The summed E-state index contributed by atoms with van der Waals surface area (Å²) in [6.45, 7) is 7.59. The molecule has 4 fully saturated rings. The van der Waals surface area contributed by atoms with Crippen molar-refractivity contribution in [2.75, 3.05) is 39.3 Å². The van der Waals surface area contributed by atoms with Gasteiger partial charge in [-0.25, -0.2) is 4.98 Å². The largest absolute Gasteiger partial charge is 0.340 e. The molecule has 312 valence electrons. The molecule has 1 aromatic heterocycles. The highest BCUT2D eigenvalue weighted by molar-refractivity contribution is 6.03. The third-order valence-electron chi connectivity index (χ3n) is 13.9. The molecule has 5 aliphatic rings. The Morgan fingerprint density at radius 1 is 0.623 bits per heavy atom. The van der Waals surface area contributed by atoms with Crippen LogP contribution >= 0.6 is 0 Å². The summed E-state index contributed by atoms with van der Waals surface area (Å²) in [5.41, 5.74) is 11.3. The Balaban J connectivity index is 0.796. The van der Waals surface area contributed by atoms with Gasteiger partial charge in [0.2, 0.25) is 11.8 Å². The van der Waals surface area contributed by atoms with Crippen LogP contribution in [0.5, 0.6) is 0 Å². The van der Waals surface area contributed by atoms with Crippen LogP contribution in [0.15, 0.2) is 121 Å². The number of likely N-dealkylation sites (tertiary alicyclic amines) is 4. The molecule has 0 saturated carbocycles. The Labute approximate surface area is 360 Å². The number of hydrogen-bond donors (Lipinski definition) is 1. The number of carbonyl (C=O) groups is 2. The van der Waals surface area contributed by atoms with Crippen LogP contribution in [0.25, 0.3) is 28.0 Å². The summed E-state index contributed by atoms with van der Waals surface area (Å²) in [4.78, 5) is 51.1. The molecule has 2 amide bonds. The van der Waals surface area contributed by atoms with E-state index in [-0.39, 0.29) is 36.0 Å². The van der Waals surface area contributed by atoms with Gasteiger partial charge in [-0.15, -0.1) is 0 Å². The third kappa shape index (κ3) is 7.90. The van der Waals surface area contributed by atoms with Crippen LogP contribution in [0.3, 0.4) is 0 Å². The van der Waals surface area contributed by atoms with Gasteiger partial charge in [0.1, 0.15) is 17.9 Å². The molecular formula is C52H57N7O2. The molecule has 0 radical (unpaired) electrons. The highest BCUT2D eigenvalue weighted by Crippen LogP contribution is 2.38. The zero-order valence-corrected chi connectivity index (χ0v) is 35.4. The van der Waals surface area contributed by atoms with Gasteiger partial charge in [-0.1, -0.05) is 103 Å². The Morgan fingerprint density at radius 3 is 1.75 bits per heavy atom. The molecular weight excluding hydrogens is 755 g/mol. The van der Waals surface area contributed by atoms with Crippen molar-refractivity contribution in [2.24, 2.45) is 4.99 Å². The highest BCUT2D eigenvalue weighted by atomic mass is 16.2. The number of carbonyl (C=O) groups excluding carboxylic acids is 2. The maximum absolute atomic E-state index is 14.4. The molecule has 0 spiro atoms. The number of nitrogens with one attached hydrogen (secondary N) is 1. The number of imidazole rings is 1. The first-order chi connectivity index (χ1) is 30.0. The molecule has 9 heteroatoms. The minimum atomic E-state index is -0.248. The van der Waals surface area contributed by atoms with Gasteiger partial charge >= 0.3 is 0 Å². The lowest BCUT2D eigenvalue weighted by molar-refractivity contribution is -0.138. The van der Waals surface area contributed by atoms with Gasteiger partial charge in [0.25, 0.3) is 0 Å². The fourth-order valence-electron chi connectivity index (χ4n) is 10.8. The Bertz CT molecular complexity index is 2410. The van der Waals surface area contributed by atoms with Gasteiger partial charge in [0.15, 0.2) is 0 Å². The lowest BCUT2D eigenvalue weighted by Crippen LogP contribution is -2.46. The lowest BCUT2D eigenvalue weighted by atomic mass is 9.93. The van der Waals surface area contributed by atoms with E-state index in [1.54, 1.807) is 0 Å². The van der Waals surface area contributed by atoms with Gasteiger partial charge in [-0.05, 0) is 129 Å². The number of hydrogen-bond acceptors (Lipinski definition) is 6. The number of nitrogens with zero attached hydrogens (tertiary/aromatic N) is 6. The SMILES string of the molecule is Cc1cc(C2=CN=C([C@@H]3CCCN3C(=O)[C@@H](c3ccccc3)N3CCCC3)C2)ccc1-c1ccc(-c2cnc([C@@H]3CCCN3C(=O)[C@@H](c3ccccc3)N3CCCC3)[nH]2)cc1. The fraction of sp³-hybridized carbons (Fsp3) is 0.385. The number of rotatable bonds is 11. The molecule has 61 heavy (non-hydrogen) atoms. The topological polar surface area (TPSA) is 88.1 Å². The number of aromatic amines is 1. The van der Waals surface area contributed by atoms with Gasteiger partial charge in [0.05, 0.1) is 24.0 Å². The minimum Gasteiger partial charge on any atom is -0.340 e. The minimum absolute atomic E-state index is 0.0475. The fourth-order valence-corrected chi connectivity index (χ4v) is 10.8. The van der Waals surface area contributed by atoms with Gasteiger partial charge in [-0.3, -0.25) is 24.4 Å². The van der Waals surface area contributed by atoms with E-state index in [9.17, 15) is 9.59 Å². The maximum Gasteiger partial charge on any atom is 0.245 e. The first-order valence-electron chi connectivity index (χ1n) is 22.7. The first-order valence-corrected chi connectivity index (χ1v) is 22.7. The van der Waals surface area contributed by atoms with Gasteiger partial charge in [0, 0.05) is 31.4 Å². The van der Waals surface area contributed by atoms with Crippen LogP contribution in [0.1, 0.15) is 104 Å². The number of allylic oxidation sites excluding steroid dienone is 1. The van der Waals surface area contributed by atoms with Crippen LogP contribution in [0.4, 0.5) is 0 Å². The van der Waals surface area contributed by atoms with Crippen molar-refractivity contribution in [1.29, 1.82) is 0 Å². The van der Waals surface area contributed by atoms with Crippen LogP contribution in [0, 0.1) is 6.92 Å². The summed E-state index contributed by atoms with van der Waals surface area (Å²) in [6.07, 6.45) is 13.2. The molecule has 9 nitrogen and oxygen atoms in total. The average molecular weight is 812 g/mol. The summed E-state index contributed by atoms with van der Waals surface area (Å²) in [5, 5.41) is 0. The Hall–Kier alpha value is -5.64. The maximum atomic E-state index is 14.4. The van der Waals surface area contributed by atoms with E-state index in [0.717, 1.165) is 137 Å². The van der Waals surface area contributed by atoms with E-state index >= 15 is 0 Å². The van der Waals surface area contributed by atoms with Crippen LogP contribution < -0.4 is 0 Å². The summed E-state index contributed by atoms with van der Waals surface area (Å²) >= 11 is 0. The second kappa shape index (κ2) is 17.4. The number of amides is 2. The van der Waals surface area contributed by atoms with E-state index in [0.29, 0.717) is 0 Å². The Morgan fingerprint density at radius 2 is 1.16 bits per heavy atom. The predicted octanol–water partition coefficient (Wildman–Crippen LogP) is 9.57. The molecule has 6 heterocycles. The predicted molar refractivity (Wildman–Crippen MR) is 243 cm³/mol. The van der Waals surface area contributed by atoms with E-state index < -0.39 is 0 Å². The van der Waals surface area contributed by atoms with Crippen molar-refractivity contribution in [3.63, 3.8) is 0 Å². The molecule has 0 unspecified atom stereocenters. The number of aromatic nitrogens is 2. The van der Waals surface area contributed by atoms with Crippen LogP contribution in [0.2, 0.25) is 0 Å². The number of aryl methyl sites for hydroxylation is 1. The van der Waals surface area contributed by atoms with Crippen molar-refractivity contribution in [2.45, 2.75) is 88.9 Å². The van der Waals surface area contributed by atoms with E-state index in [1.807, 2.05) is 36.7 Å². The van der Waals surface area contributed by atoms with Gasteiger partial charge in [-0.2, -0.15) is 0 Å². The quantitative estimate of drug-likeness (QED) is 0.144. The summed E-state index contributed by atoms with van der Waals surface area (Å²) in [6, 6.07) is 35.6. The van der Waals surface area contributed by atoms with Gasteiger partial charge < -0.3 is 14.8 Å². The zero-order valence-electron chi connectivity index (χ0n) is 35.4. The summed E-state index contributed by atoms with van der Waals surface area (Å²) in [7, 11) is 0. The Kier molecular flexibility index (Phi) is 11.3. The molecule has 4 aromatic carbocycles. The first kappa shape index (κ1) is 39.5. The normalized spacial score (nSPS) is 21.9. The van der Waals surface area contributed by atoms with E-state index in [4.69, 9.17) is 9.98 Å². The number of aliphatic imine (C=N–C) groups is 1. The molecule has 5 aliphatic heterocycles. The highest BCUT2D eigenvalue weighted by Gasteiger charge is 2.41. The van der Waals surface area contributed by atoms with Crippen molar-refractivity contribution in [3.05, 3.63) is 144 Å². The molecule has 0 bridgehead atoms. The summed E-state index contributed by atoms with van der Waals surface area (Å²) < 4.78 is 0. The standard InChI is InChI=1S/C52H57N7O2/c1-36-32-41(42-33-44(53-34-42)46-18-12-30-58(46)51(60)48(56-26-8-9-27-56)39-14-4-2-5-15-39)24-25-43(36)37-20-22-38(23-21-37)45-35-54-50(55-45)47-19-13-31-59(47)52(61)49(57-28-10-11-29-57)40-16-6-3-7-17-40/h2-7,14-17,20-25,32,34-35,46-49H,8-13,18-19,26-31,33H2,1H3,(H,54,55)/t46-,47-,48+,49+/m0/s1. The molecule has 1 N–H and O–H groups in total. The molecule has 0 aliphatic carbocycles. The second-order valence-corrected chi connectivity index (χ2v) is 17.7. The van der Waals surface area contributed by atoms with Crippen molar-refractivity contribution < 1.29 is 9.59 Å². The monoisotopic (exact) mass is 811 g/mol. The smallest absolute Gasteiger partial charge is 0.245 e. The molecule has 5 aromatic rings. The third-order valence-corrected chi connectivity index (χ3v) is 13.9. The number of benzene rings is 4. The van der Waals surface area contributed by atoms with Crippen LogP contribution in [-0.2, 0) is 9.59 Å². The van der Waals surface area contributed by atoms with Crippen molar-refractivity contribution in [3.8, 4) is 22.4 Å². The van der Waals surface area contributed by atoms with Crippen LogP contribution in [-0.4, -0.2) is 92.4 Å². The number of H-pyrrole nitrogens is 1. The molecule has 4 atom stereocenters. The van der Waals surface area contributed by atoms with Crippen molar-refractivity contribution >= 4 is 23.1 Å². The molecule has 4 saturated heterocycles. The van der Waals surface area contributed by atoms with E-state index in [2.05, 4.69) is 110 Å². The van der Waals surface area contributed by atoms with Crippen molar-refractivity contribution in [1.82, 2.24) is 29.6 Å². The summed E-state index contributed by atoms with van der Waals surface area (Å²) in [5.74, 6) is 1.28. The average Bonchev–Trinajstić information content (AvgIpc) is 4.16.